The number of benzene rings is 1. The van der Waals surface area contributed by atoms with E-state index in [0.29, 0.717) is 12.2 Å². The molecule has 112 valence electrons. The fourth-order valence-corrected chi connectivity index (χ4v) is 2.05. The molecule has 0 bridgehead atoms. The Balaban J connectivity index is 2.08. The molecule has 1 aromatic carbocycles. The Bertz CT molecular complexity index is 628. The summed E-state index contributed by atoms with van der Waals surface area (Å²) in [7, 11) is 0. The van der Waals surface area contributed by atoms with Gasteiger partial charge in [-0.3, -0.25) is 9.89 Å². The van der Waals surface area contributed by atoms with Crippen molar-refractivity contribution < 1.29 is 18.0 Å². The Labute approximate surface area is 126 Å². The maximum absolute atomic E-state index is 12.9. The van der Waals surface area contributed by atoms with Crippen molar-refractivity contribution in [1.82, 2.24) is 20.5 Å². The first-order chi connectivity index (χ1) is 9.88. The molecule has 0 aliphatic heterocycles. The second-order valence-corrected chi connectivity index (χ2v) is 5.04. The number of hydrogen-bond donors (Lipinski definition) is 2. The lowest BCUT2D eigenvalue weighted by molar-refractivity contribution is -0.138. The molecule has 2 aromatic rings. The van der Waals surface area contributed by atoms with Crippen LogP contribution < -0.4 is 5.32 Å². The molecule has 0 spiro atoms. The fraction of sp³-hybridized carbons (Fsp3) is 0.250. The lowest BCUT2D eigenvalue weighted by Crippen LogP contribution is -2.28. The maximum atomic E-state index is 12.9. The molecule has 9 heteroatoms. The number of carbonyl (C=O) groups is 1. The number of alkyl halides is 3. The Morgan fingerprint density at radius 3 is 2.76 bits per heavy atom. The Kier molecular flexibility index (Phi) is 4.61. The number of amides is 1. The van der Waals surface area contributed by atoms with E-state index in [1.807, 2.05) is 0 Å². The molecule has 0 aliphatic carbocycles. The fourth-order valence-electron chi connectivity index (χ4n) is 1.69. The Morgan fingerprint density at radius 1 is 1.38 bits per heavy atom. The van der Waals surface area contributed by atoms with Crippen LogP contribution in [0.25, 0.3) is 0 Å². The van der Waals surface area contributed by atoms with Gasteiger partial charge in [-0.05, 0) is 18.2 Å². The molecular weight excluding hydrogens is 353 g/mol. The van der Waals surface area contributed by atoms with Gasteiger partial charge in [-0.2, -0.15) is 18.3 Å². The zero-order valence-electron chi connectivity index (χ0n) is 10.5. The molecule has 0 saturated heterocycles. The molecule has 5 nitrogen and oxygen atoms in total. The van der Waals surface area contributed by atoms with Crippen LogP contribution >= 0.6 is 15.9 Å². The SMILES string of the molecule is O=C(NCCc1ncn[nH]1)c1ccc(Br)cc1C(F)(F)F. The van der Waals surface area contributed by atoms with Crippen LogP contribution in [0.2, 0.25) is 0 Å². The molecule has 2 rings (SSSR count). The number of nitrogens with zero attached hydrogens (tertiary/aromatic N) is 2. The average Bonchev–Trinajstić information content (AvgIpc) is 2.90. The molecule has 0 atom stereocenters. The standard InChI is InChI=1S/C12H10BrF3N4O/c13-7-1-2-8(9(5-7)12(14,15)16)11(21)17-4-3-10-18-6-19-20-10/h1-2,5-6H,3-4H2,(H,17,21)(H,18,19,20). The zero-order chi connectivity index (χ0) is 15.5. The van der Waals surface area contributed by atoms with Crippen molar-refractivity contribution in [3.63, 3.8) is 0 Å². The second kappa shape index (κ2) is 6.25. The largest absolute Gasteiger partial charge is 0.417 e. The lowest BCUT2D eigenvalue weighted by atomic mass is 10.1. The van der Waals surface area contributed by atoms with Gasteiger partial charge in [-0.15, -0.1) is 0 Å². The van der Waals surface area contributed by atoms with Crippen molar-refractivity contribution in [2.24, 2.45) is 0 Å². The lowest BCUT2D eigenvalue weighted by Gasteiger charge is -2.13. The van der Waals surface area contributed by atoms with Crippen molar-refractivity contribution in [3.05, 3.63) is 46.0 Å². The smallest absolute Gasteiger partial charge is 0.352 e. The molecule has 0 unspecified atom stereocenters. The van der Waals surface area contributed by atoms with E-state index < -0.39 is 23.2 Å². The summed E-state index contributed by atoms with van der Waals surface area (Å²) >= 11 is 2.97. The Morgan fingerprint density at radius 2 is 2.14 bits per heavy atom. The number of halogens is 4. The summed E-state index contributed by atoms with van der Waals surface area (Å²) < 4.78 is 39.0. The monoisotopic (exact) mass is 362 g/mol. The van der Waals surface area contributed by atoms with Gasteiger partial charge in [-0.25, -0.2) is 4.98 Å². The van der Waals surface area contributed by atoms with E-state index in [-0.39, 0.29) is 11.0 Å². The summed E-state index contributed by atoms with van der Waals surface area (Å²) in [4.78, 5) is 15.7. The number of aromatic amines is 1. The first-order valence-corrected chi connectivity index (χ1v) is 6.66. The topological polar surface area (TPSA) is 70.7 Å². The number of H-pyrrole nitrogens is 1. The van der Waals surface area contributed by atoms with Gasteiger partial charge in [0.15, 0.2) is 0 Å². The number of rotatable bonds is 4. The van der Waals surface area contributed by atoms with Crippen LogP contribution in [0.1, 0.15) is 21.7 Å². The van der Waals surface area contributed by atoms with Crippen molar-refractivity contribution in [3.8, 4) is 0 Å². The normalized spacial score (nSPS) is 11.4. The van der Waals surface area contributed by atoms with E-state index in [9.17, 15) is 18.0 Å². The summed E-state index contributed by atoms with van der Waals surface area (Å²) in [5.74, 6) is -0.239. The quantitative estimate of drug-likeness (QED) is 0.877. The summed E-state index contributed by atoms with van der Waals surface area (Å²) in [6.07, 6.45) is -2.93. The number of hydrogen-bond acceptors (Lipinski definition) is 3. The molecule has 0 fully saturated rings. The molecule has 1 aromatic heterocycles. The van der Waals surface area contributed by atoms with E-state index >= 15 is 0 Å². The average molecular weight is 363 g/mol. The second-order valence-electron chi connectivity index (χ2n) is 4.13. The third kappa shape index (κ3) is 4.03. The highest BCUT2D eigenvalue weighted by molar-refractivity contribution is 9.10. The van der Waals surface area contributed by atoms with Gasteiger partial charge in [0.1, 0.15) is 12.2 Å². The van der Waals surface area contributed by atoms with Gasteiger partial charge in [0.2, 0.25) is 0 Å². The van der Waals surface area contributed by atoms with E-state index in [1.165, 1.54) is 12.4 Å². The third-order valence-electron chi connectivity index (χ3n) is 2.64. The van der Waals surface area contributed by atoms with Crippen molar-refractivity contribution in [2.75, 3.05) is 6.54 Å². The van der Waals surface area contributed by atoms with Crippen LogP contribution in [-0.4, -0.2) is 27.6 Å². The minimum absolute atomic E-state index is 0.154. The molecule has 21 heavy (non-hydrogen) atoms. The molecular formula is C12H10BrF3N4O. The van der Waals surface area contributed by atoms with Crippen LogP contribution in [0.3, 0.4) is 0 Å². The van der Waals surface area contributed by atoms with Crippen LogP contribution in [0.4, 0.5) is 13.2 Å². The predicted molar refractivity (Wildman–Crippen MR) is 71.6 cm³/mol. The molecule has 0 radical (unpaired) electrons. The van der Waals surface area contributed by atoms with Gasteiger partial charge in [0.25, 0.3) is 5.91 Å². The first-order valence-electron chi connectivity index (χ1n) is 5.87. The minimum atomic E-state index is -4.60. The van der Waals surface area contributed by atoms with E-state index in [0.717, 1.165) is 12.1 Å². The number of carbonyl (C=O) groups excluding carboxylic acids is 1. The highest BCUT2D eigenvalue weighted by Crippen LogP contribution is 2.33. The summed E-state index contributed by atoms with van der Waals surface area (Å²) in [6.45, 7) is 0.154. The third-order valence-corrected chi connectivity index (χ3v) is 3.14. The highest BCUT2D eigenvalue weighted by atomic mass is 79.9. The highest BCUT2D eigenvalue weighted by Gasteiger charge is 2.35. The van der Waals surface area contributed by atoms with Crippen LogP contribution in [0, 0.1) is 0 Å². The molecule has 1 amide bonds. The molecule has 1 heterocycles. The number of aromatic nitrogens is 3. The van der Waals surface area contributed by atoms with Gasteiger partial charge >= 0.3 is 6.18 Å². The summed E-state index contributed by atoms with van der Waals surface area (Å²) in [6, 6.07) is 3.41. The van der Waals surface area contributed by atoms with Crippen LogP contribution in [0.15, 0.2) is 29.0 Å². The maximum Gasteiger partial charge on any atom is 0.417 e. The predicted octanol–water partition coefficient (Wildman–Crippen LogP) is 2.56. The van der Waals surface area contributed by atoms with Gasteiger partial charge in [-0.1, -0.05) is 15.9 Å². The molecule has 0 aliphatic rings. The van der Waals surface area contributed by atoms with Crippen LogP contribution in [0.5, 0.6) is 0 Å². The minimum Gasteiger partial charge on any atom is -0.352 e. The van der Waals surface area contributed by atoms with Gasteiger partial charge in [0, 0.05) is 17.4 Å². The van der Waals surface area contributed by atoms with E-state index in [1.54, 1.807) is 0 Å². The van der Waals surface area contributed by atoms with Crippen molar-refractivity contribution in [2.45, 2.75) is 12.6 Å². The van der Waals surface area contributed by atoms with Crippen molar-refractivity contribution >= 4 is 21.8 Å². The zero-order valence-corrected chi connectivity index (χ0v) is 12.1. The first kappa shape index (κ1) is 15.5. The number of nitrogens with one attached hydrogen (secondary N) is 2. The summed E-state index contributed by atoms with van der Waals surface area (Å²) in [5.41, 5.74) is -1.39. The summed E-state index contributed by atoms with van der Waals surface area (Å²) in [5, 5.41) is 8.65. The van der Waals surface area contributed by atoms with Gasteiger partial charge < -0.3 is 5.32 Å². The van der Waals surface area contributed by atoms with E-state index in [4.69, 9.17) is 0 Å². The van der Waals surface area contributed by atoms with E-state index in [2.05, 4.69) is 36.4 Å². The molecule has 0 saturated carbocycles. The molecule has 2 N–H and O–H groups in total. The van der Waals surface area contributed by atoms with Crippen molar-refractivity contribution in [1.29, 1.82) is 0 Å². The van der Waals surface area contributed by atoms with Crippen LogP contribution in [-0.2, 0) is 12.6 Å². The van der Waals surface area contributed by atoms with Gasteiger partial charge in [0.05, 0.1) is 11.1 Å². The Hall–Kier alpha value is -1.90.